The van der Waals surface area contributed by atoms with Crippen LogP contribution in [0.5, 0.6) is 5.75 Å². The number of esters is 1. The van der Waals surface area contributed by atoms with Crippen molar-refractivity contribution in [2.75, 3.05) is 12.4 Å². The van der Waals surface area contributed by atoms with Gasteiger partial charge in [-0.25, -0.2) is 4.79 Å². The third-order valence-corrected chi connectivity index (χ3v) is 4.19. The Morgan fingerprint density at radius 3 is 2.38 bits per heavy atom. The first-order valence-corrected chi connectivity index (χ1v) is 8.28. The molecule has 0 saturated heterocycles. The number of amides is 1. The van der Waals surface area contributed by atoms with Crippen LogP contribution in [-0.2, 0) is 4.74 Å². The molecule has 24 heavy (non-hydrogen) atoms. The minimum absolute atomic E-state index is 0.000943. The Morgan fingerprint density at radius 2 is 1.79 bits per heavy atom. The highest BCUT2D eigenvalue weighted by Gasteiger charge is 2.16. The first kappa shape index (κ1) is 17.9. The number of thioether (sulfide) groups is 1. The van der Waals surface area contributed by atoms with Gasteiger partial charge in [0.1, 0.15) is 5.56 Å². The number of phenolic OH excluding ortho intramolecular Hbond substituents is 1. The Kier molecular flexibility index (Phi) is 5.87. The van der Waals surface area contributed by atoms with E-state index in [-0.39, 0.29) is 22.9 Å². The number of phenols is 1. The van der Waals surface area contributed by atoms with E-state index in [2.05, 4.69) is 23.9 Å². The van der Waals surface area contributed by atoms with Crippen molar-refractivity contribution in [2.24, 2.45) is 0 Å². The Bertz CT molecular complexity index is 741. The largest absolute Gasteiger partial charge is 0.505 e. The van der Waals surface area contributed by atoms with Crippen molar-refractivity contribution in [3.63, 3.8) is 0 Å². The van der Waals surface area contributed by atoms with Crippen LogP contribution < -0.4 is 5.32 Å². The van der Waals surface area contributed by atoms with Crippen LogP contribution in [0.15, 0.2) is 47.4 Å². The number of hydrogen-bond donors (Lipinski definition) is 2. The second-order valence-corrected chi connectivity index (χ2v) is 6.99. The molecule has 2 aromatic rings. The zero-order valence-electron chi connectivity index (χ0n) is 13.7. The molecule has 0 aromatic heterocycles. The summed E-state index contributed by atoms with van der Waals surface area (Å²) in [5, 5.41) is 13.2. The molecule has 1 amide bonds. The zero-order chi connectivity index (χ0) is 17.7. The van der Waals surface area contributed by atoms with Gasteiger partial charge in [0.05, 0.1) is 12.8 Å². The third kappa shape index (κ3) is 4.29. The molecule has 0 heterocycles. The number of ether oxygens (including phenoxy) is 1. The molecule has 126 valence electrons. The maximum Gasteiger partial charge on any atom is 0.341 e. The molecular formula is C18H19NO4S. The summed E-state index contributed by atoms with van der Waals surface area (Å²) in [7, 11) is 1.23. The summed E-state index contributed by atoms with van der Waals surface area (Å²) in [6, 6.07) is 11.7. The van der Waals surface area contributed by atoms with Crippen molar-refractivity contribution in [3.8, 4) is 5.75 Å². The van der Waals surface area contributed by atoms with Gasteiger partial charge in [-0.1, -0.05) is 19.9 Å². The average molecular weight is 345 g/mol. The number of nitrogens with one attached hydrogen (secondary N) is 1. The van der Waals surface area contributed by atoms with E-state index in [9.17, 15) is 14.7 Å². The standard InChI is InChI=1S/C18H19NO4S/c1-11(2)24-13-9-7-12(8-10-13)17(21)19-15-6-4-5-14(16(15)20)18(22)23-3/h4-11,20H,1-3H3,(H,19,21). The summed E-state index contributed by atoms with van der Waals surface area (Å²) in [4.78, 5) is 25.0. The van der Waals surface area contributed by atoms with Gasteiger partial charge in [0, 0.05) is 15.7 Å². The molecule has 0 spiro atoms. The molecule has 0 unspecified atom stereocenters. The highest BCUT2D eigenvalue weighted by Crippen LogP contribution is 2.29. The lowest BCUT2D eigenvalue weighted by Gasteiger charge is -2.10. The molecule has 5 nitrogen and oxygen atoms in total. The van der Waals surface area contributed by atoms with Gasteiger partial charge in [0.25, 0.3) is 5.91 Å². The van der Waals surface area contributed by atoms with Crippen LogP contribution in [0, 0.1) is 0 Å². The van der Waals surface area contributed by atoms with Gasteiger partial charge in [-0.2, -0.15) is 0 Å². The van der Waals surface area contributed by atoms with E-state index in [0.29, 0.717) is 10.8 Å². The molecule has 0 bridgehead atoms. The van der Waals surface area contributed by atoms with E-state index in [1.54, 1.807) is 30.0 Å². The normalized spacial score (nSPS) is 10.5. The van der Waals surface area contributed by atoms with Crippen molar-refractivity contribution in [3.05, 3.63) is 53.6 Å². The van der Waals surface area contributed by atoms with Crippen molar-refractivity contribution >= 4 is 29.3 Å². The second kappa shape index (κ2) is 7.88. The molecule has 0 aliphatic heterocycles. The molecule has 2 rings (SSSR count). The lowest BCUT2D eigenvalue weighted by molar-refractivity contribution is 0.0597. The van der Waals surface area contributed by atoms with E-state index < -0.39 is 5.97 Å². The molecule has 0 fully saturated rings. The predicted molar refractivity (Wildman–Crippen MR) is 94.8 cm³/mol. The quantitative estimate of drug-likeness (QED) is 0.488. The fourth-order valence-corrected chi connectivity index (χ4v) is 2.91. The first-order valence-electron chi connectivity index (χ1n) is 7.40. The van der Waals surface area contributed by atoms with Crippen LogP contribution in [0.2, 0.25) is 0 Å². The highest BCUT2D eigenvalue weighted by molar-refractivity contribution is 7.99. The molecule has 0 saturated carbocycles. The molecule has 2 aromatic carbocycles. The molecule has 0 radical (unpaired) electrons. The van der Waals surface area contributed by atoms with Crippen LogP contribution in [0.25, 0.3) is 0 Å². The lowest BCUT2D eigenvalue weighted by atomic mass is 10.1. The average Bonchev–Trinajstić information content (AvgIpc) is 2.56. The molecule has 0 atom stereocenters. The second-order valence-electron chi connectivity index (χ2n) is 5.34. The SMILES string of the molecule is COC(=O)c1cccc(NC(=O)c2ccc(SC(C)C)cc2)c1O. The topological polar surface area (TPSA) is 75.6 Å². The molecule has 0 aliphatic carbocycles. The van der Waals surface area contributed by atoms with Gasteiger partial charge in [-0.3, -0.25) is 4.79 Å². The van der Waals surface area contributed by atoms with E-state index >= 15 is 0 Å². The van der Waals surface area contributed by atoms with Crippen molar-refractivity contribution < 1.29 is 19.4 Å². The van der Waals surface area contributed by atoms with Crippen LogP contribution in [-0.4, -0.2) is 29.3 Å². The Balaban J connectivity index is 2.16. The fraction of sp³-hybridized carbons (Fsp3) is 0.222. The predicted octanol–water partition coefficient (Wildman–Crippen LogP) is 3.93. The first-order chi connectivity index (χ1) is 11.4. The number of carbonyl (C=O) groups excluding carboxylic acids is 2. The minimum Gasteiger partial charge on any atom is -0.505 e. The van der Waals surface area contributed by atoms with Crippen molar-refractivity contribution in [1.29, 1.82) is 0 Å². The lowest BCUT2D eigenvalue weighted by Crippen LogP contribution is -2.13. The van der Waals surface area contributed by atoms with Gasteiger partial charge in [0.15, 0.2) is 5.75 Å². The van der Waals surface area contributed by atoms with Gasteiger partial charge < -0.3 is 15.2 Å². The highest BCUT2D eigenvalue weighted by atomic mass is 32.2. The van der Waals surface area contributed by atoms with Crippen LogP contribution >= 0.6 is 11.8 Å². The summed E-state index contributed by atoms with van der Waals surface area (Å²) >= 11 is 1.71. The maximum absolute atomic E-state index is 12.3. The smallest absolute Gasteiger partial charge is 0.341 e. The zero-order valence-corrected chi connectivity index (χ0v) is 14.5. The van der Waals surface area contributed by atoms with E-state index in [1.165, 1.54) is 19.2 Å². The number of rotatable bonds is 5. The number of anilines is 1. The van der Waals surface area contributed by atoms with Crippen molar-refractivity contribution in [1.82, 2.24) is 0 Å². The van der Waals surface area contributed by atoms with Crippen LogP contribution in [0.1, 0.15) is 34.6 Å². The number of para-hydroxylation sites is 1. The monoisotopic (exact) mass is 345 g/mol. The molecular weight excluding hydrogens is 326 g/mol. The van der Waals surface area contributed by atoms with E-state index in [0.717, 1.165) is 4.90 Å². The number of carbonyl (C=O) groups is 2. The van der Waals surface area contributed by atoms with Gasteiger partial charge >= 0.3 is 5.97 Å². The Morgan fingerprint density at radius 1 is 1.12 bits per heavy atom. The summed E-state index contributed by atoms with van der Waals surface area (Å²) in [6.07, 6.45) is 0. The van der Waals surface area contributed by atoms with E-state index in [4.69, 9.17) is 0 Å². The maximum atomic E-state index is 12.3. The summed E-state index contributed by atoms with van der Waals surface area (Å²) in [6.45, 7) is 4.20. The van der Waals surface area contributed by atoms with E-state index in [1.807, 2.05) is 12.1 Å². The number of methoxy groups -OCH3 is 1. The van der Waals surface area contributed by atoms with Gasteiger partial charge in [-0.05, 0) is 36.4 Å². The number of aromatic hydroxyl groups is 1. The Labute approximate surface area is 145 Å². The number of hydrogen-bond acceptors (Lipinski definition) is 5. The van der Waals surface area contributed by atoms with Crippen LogP contribution in [0.4, 0.5) is 5.69 Å². The minimum atomic E-state index is -0.668. The fourth-order valence-electron chi connectivity index (χ4n) is 2.07. The van der Waals surface area contributed by atoms with Gasteiger partial charge in [-0.15, -0.1) is 11.8 Å². The summed E-state index contributed by atoms with van der Waals surface area (Å²) < 4.78 is 4.59. The summed E-state index contributed by atoms with van der Waals surface area (Å²) in [5.74, 6) is -1.35. The van der Waals surface area contributed by atoms with Crippen molar-refractivity contribution in [2.45, 2.75) is 24.0 Å². The number of benzene rings is 2. The summed E-state index contributed by atoms with van der Waals surface area (Å²) in [5.41, 5.74) is 0.619. The van der Waals surface area contributed by atoms with Gasteiger partial charge in [0.2, 0.25) is 0 Å². The molecule has 6 heteroatoms. The Hall–Kier alpha value is -2.47. The molecule has 2 N–H and O–H groups in total. The molecule has 0 aliphatic rings. The third-order valence-electron chi connectivity index (χ3n) is 3.18. The van der Waals surface area contributed by atoms with Crippen LogP contribution in [0.3, 0.4) is 0 Å².